The van der Waals surface area contributed by atoms with Crippen molar-refractivity contribution in [1.82, 2.24) is 9.97 Å². The van der Waals surface area contributed by atoms with Crippen LogP contribution in [0.2, 0.25) is 0 Å². The van der Waals surface area contributed by atoms with Crippen LogP contribution in [0.3, 0.4) is 0 Å². The van der Waals surface area contributed by atoms with Crippen molar-refractivity contribution in [2.75, 3.05) is 18.6 Å². The summed E-state index contributed by atoms with van der Waals surface area (Å²) in [5.41, 5.74) is -0.0634. The molecule has 1 aromatic rings. The minimum absolute atomic E-state index is 0.0634. The van der Waals surface area contributed by atoms with Gasteiger partial charge in [-0.1, -0.05) is 0 Å². The van der Waals surface area contributed by atoms with E-state index >= 15 is 0 Å². The maximum Gasteiger partial charge on any atom is 0.319 e. The van der Waals surface area contributed by atoms with Crippen molar-refractivity contribution in [3.05, 3.63) is 16.3 Å². The van der Waals surface area contributed by atoms with Crippen LogP contribution in [0.1, 0.15) is 0 Å². The second-order valence-corrected chi connectivity index (χ2v) is 2.89. The van der Waals surface area contributed by atoms with E-state index < -0.39 is 4.92 Å². The second kappa shape index (κ2) is 4.04. The summed E-state index contributed by atoms with van der Waals surface area (Å²) in [6.07, 6.45) is 2.93. The third-order valence-corrected chi connectivity index (χ3v) is 2.04. The molecule has 0 atom stereocenters. The van der Waals surface area contributed by atoms with Gasteiger partial charge in [0.1, 0.15) is 6.20 Å². The van der Waals surface area contributed by atoms with Gasteiger partial charge < -0.3 is 5.32 Å². The summed E-state index contributed by atoms with van der Waals surface area (Å²) in [5.74, 6) is 0.384. The number of nitrogens with zero attached hydrogens (tertiary/aromatic N) is 3. The van der Waals surface area contributed by atoms with E-state index in [0.717, 1.165) is 0 Å². The first-order chi connectivity index (χ1) is 6.19. The van der Waals surface area contributed by atoms with Gasteiger partial charge in [-0.3, -0.25) is 10.1 Å². The molecule has 0 bridgehead atoms. The lowest BCUT2D eigenvalue weighted by atomic mass is 10.5. The zero-order valence-electron chi connectivity index (χ0n) is 7.14. The summed E-state index contributed by atoms with van der Waals surface area (Å²) in [5, 5.41) is 13.5. The van der Waals surface area contributed by atoms with Crippen molar-refractivity contribution in [2.45, 2.75) is 5.03 Å². The Morgan fingerprint density at radius 2 is 2.38 bits per heavy atom. The molecule has 1 N–H and O–H groups in total. The highest BCUT2D eigenvalue weighted by Crippen LogP contribution is 2.24. The van der Waals surface area contributed by atoms with E-state index in [1.807, 2.05) is 0 Å². The molecule has 0 saturated carbocycles. The molecule has 6 nitrogen and oxygen atoms in total. The quantitative estimate of drug-likeness (QED) is 0.341. The van der Waals surface area contributed by atoms with E-state index in [1.165, 1.54) is 18.0 Å². The highest BCUT2D eigenvalue weighted by atomic mass is 32.2. The first kappa shape index (κ1) is 9.72. The van der Waals surface area contributed by atoms with E-state index in [-0.39, 0.29) is 5.69 Å². The van der Waals surface area contributed by atoms with Crippen molar-refractivity contribution in [3.63, 3.8) is 0 Å². The summed E-state index contributed by atoms with van der Waals surface area (Å²) >= 11 is 1.22. The summed E-state index contributed by atoms with van der Waals surface area (Å²) < 4.78 is 0. The highest BCUT2D eigenvalue weighted by molar-refractivity contribution is 7.98. The molecule has 0 aliphatic rings. The summed E-state index contributed by atoms with van der Waals surface area (Å²) in [7, 11) is 1.66. The first-order valence-corrected chi connectivity index (χ1v) is 4.64. The molecule has 1 heterocycles. The van der Waals surface area contributed by atoms with Gasteiger partial charge in [0.25, 0.3) is 0 Å². The molecule has 0 saturated heterocycles. The van der Waals surface area contributed by atoms with E-state index in [0.29, 0.717) is 11.0 Å². The maximum atomic E-state index is 10.5. The van der Waals surface area contributed by atoms with Gasteiger partial charge >= 0.3 is 5.69 Å². The number of aromatic nitrogens is 2. The standard InChI is InChI=1S/C6H8N4O2S/c1-7-6-8-3-4(10(11)12)5(9-6)13-2/h3H,1-2H3,(H,7,8,9). The second-order valence-electron chi connectivity index (χ2n) is 2.10. The molecular formula is C6H8N4O2S. The lowest BCUT2D eigenvalue weighted by Crippen LogP contribution is -2.00. The van der Waals surface area contributed by atoms with Crippen LogP contribution >= 0.6 is 11.8 Å². The average molecular weight is 200 g/mol. The topological polar surface area (TPSA) is 81.0 Å². The number of nitrogens with one attached hydrogen (secondary N) is 1. The Morgan fingerprint density at radius 1 is 1.69 bits per heavy atom. The Hall–Kier alpha value is -1.37. The lowest BCUT2D eigenvalue weighted by molar-refractivity contribution is -0.388. The van der Waals surface area contributed by atoms with Crippen molar-refractivity contribution in [2.24, 2.45) is 0 Å². The fourth-order valence-corrected chi connectivity index (χ4v) is 1.27. The number of nitro groups is 1. The van der Waals surface area contributed by atoms with E-state index in [4.69, 9.17) is 0 Å². The van der Waals surface area contributed by atoms with E-state index in [2.05, 4.69) is 15.3 Å². The van der Waals surface area contributed by atoms with Crippen LogP contribution in [0.15, 0.2) is 11.2 Å². The number of hydrogen-bond acceptors (Lipinski definition) is 6. The Morgan fingerprint density at radius 3 is 2.85 bits per heavy atom. The normalized spacial score (nSPS) is 9.69. The number of rotatable bonds is 3. The van der Waals surface area contributed by atoms with Crippen molar-refractivity contribution < 1.29 is 4.92 Å². The van der Waals surface area contributed by atoms with Crippen molar-refractivity contribution in [3.8, 4) is 0 Å². The summed E-state index contributed by atoms with van der Waals surface area (Å²) in [6.45, 7) is 0. The average Bonchev–Trinajstić information content (AvgIpc) is 2.16. The lowest BCUT2D eigenvalue weighted by Gasteiger charge is -2.00. The first-order valence-electron chi connectivity index (χ1n) is 3.42. The highest BCUT2D eigenvalue weighted by Gasteiger charge is 2.15. The van der Waals surface area contributed by atoms with Crippen LogP contribution in [0.25, 0.3) is 0 Å². The van der Waals surface area contributed by atoms with Gasteiger partial charge in [0.15, 0.2) is 5.03 Å². The van der Waals surface area contributed by atoms with Crippen LogP contribution in [0.4, 0.5) is 11.6 Å². The molecule has 0 unspecified atom stereocenters. The SMILES string of the molecule is CNc1ncc([N+](=O)[O-])c(SC)n1. The molecule has 1 rings (SSSR count). The molecule has 0 amide bonds. The Balaban J connectivity index is 3.15. The molecule has 13 heavy (non-hydrogen) atoms. The Bertz CT molecular complexity index is 330. The monoisotopic (exact) mass is 200 g/mol. The molecule has 0 radical (unpaired) electrons. The predicted octanol–water partition coefficient (Wildman–Crippen LogP) is 1.15. The van der Waals surface area contributed by atoms with Crippen molar-refractivity contribution >= 4 is 23.4 Å². The number of hydrogen-bond donors (Lipinski definition) is 1. The van der Waals surface area contributed by atoms with Crippen LogP contribution < -0.4 is 5.32 Å². The largest absolute Gasteiger partial charge is 0.357 e. The van der Waals surface area contributed by atoms with Gasteiger partial charge in [0, 0.05) is 7.05 Å². The van der Waals surface area contributed by atoms with Gasteiger partial charge in [-0.15, -0.1) is 11.8 Å². The summed E-state index contributed by atoms with van der Waals surface area (Å²) in [6, 6.07) is 0. The minimum Gasteiger partial charge on any atom is -0.357 e. The molecule has 7 heteroatoms. The molecule has 0 aliphatic carbocycles. The van der Waals surface area contributed by atoms with Crippen LogP contribution in [-0.4, -0.2) is 28.2 Å². The zero-order chi connectivity index (χ0) is 9.84. The Kier molecular flexibility index (Phi) is 3.02. The van der Waals surface area contributed by atoms with Gasteiger partial charge in [-0.25, -0.2) is 4.98 Å². The Labute approximate surface area is 78.9 Å². The molecule has 0 spiro atoms. The number of anilines is 1. The minimum atomic E-state index is -0.495. The fourth-order valence-electron chi connectivity index (χ4n) is 0.756. The fraction of sp³-hybridized carbons (Fsp3) is 0.333. The summed E-state index contributed by atoms with van der Waals surface area (Å²) in [4.78, 5) is 17.7. The van der Waals surface area contributed by atoms with Crippen LogP contribution in [0, 0.1) is 10.1 Å². The maximum absolute atomic E-state index is 10.5. The third kappa shape index (κ3) is 2.05. The van der Waals surface area contributed by atoms with Gasteiger partial charge in [-0.05, 0) is 6.26 Å². The van der Waals surface area contributed by atoms with Crippen LogP contribution in [-0.2, 0) is 0 Å². The molecule has 1 aromatic heterocycles. The van der Waals surface area contributed by atoms with Crippen LogP contribution in [0.5, 0.6) is 0 Å². The van der Waals surface area contributed by atoms with Gasteiger partial charge in [0.2, 0.25) is 5.95 Å². The van der Waals surface area contributed by atoms with Gasteiger partial charge in [0.05, 0.1) is 4.92 Å². The van der Waals surface area contributed by atoms with Crippen molar-refractivity contribution in [1.29, 1.82) is 0 Å². The third-order valence-electron chi connectivity index (χ3n) is 1.35. The van der Waals surface area contributed by atoms with E-state index in [9.17, 15) is 10.1 Å². The van der Waals surface area contributed by atoms with Gasteiger partial charge in [-0.2, -0.15) is 4.98 Å². The molecular weight excluding hydrogens is 192 g/mol. The molecule has 70 valence electrons. The zero-order valence-corrected chi connectivity index (χ0v) is 7.96. The molecule has 0 fully saturated rings. The smallest absolute Gasteiger partial charge is 0.319 e. The van der Waals surface area contributed by atoms with E-state index in [1.54, 1.807) is 13.3 Å². The number of thioether (sulfide) groups is 1. The molecule has 0 aromatic carbocycles. The molecule has 0 aliphatic heterocycles. The predicted molar refractivity (Wildman–Crippen MR) is 50.0 cm³/mol.